The first-order chi connectivity index (χ1) is 14.1. The van der Waals surface area contributed by atoms with Gasteiger partial charge in [0, 0.05) is 11.5 Å². The van der Waals surface area contributed by atoms with E-state index in [4.69, 9.17) is 9.47 Å². The minimum absolute atomic E-state index is 0.134. The Hall–Kier alpha value is -2.08. The standard InChI is InChI=1S/C23H28N2O4/c1-28-18(26)16-14-21-8-5-12-24-13-11-22(19(21)24)15-6-3-4-7-17(15)25(20(27)29-2)23(16,22)10-9-21/h3-4,6-7,16,19H,5,8-14H2,1-2H3/t16-,19-,21+,22+,23+/m1/s1. The maximum atomic E-state index is 13.2. The summed E-state index contributed by atoms with van der Waals surface area (Å²) in [6.45, 7) is 2.15. The molecule has 5 atom stereocenters. The lowest BCUT2D eigenvalue weighted by Gasteiger charge is -2.69. The SMILES string of the molecule is COC(=O)[C@H]1C[C@]23CCCN4CC[C@]5(c6ccccc6N(C(=O)OC)[C@@]15CC2)[C@H]43. The predicted octanol–water partition coefficient (Wildman–Crippen LogP) is 3.09. The molecule has 3 spiro atoms. The number of hydrogen-bond donors (Lipinski definition) is 0. The average molecular weight is 396 g/mol. The van der Waals surface area contributed by atoms with E-state index in [0.29, 0.717) is 6.04 Å². The van der Waals surface area contributed by atoms with Gasteiger partial charge in [0.15, 0.2) is 0 Å². The van der Waals surface area contributed by atoms with Crippen molar-refractivity contribution in [3.63, 3.8) is 0 Å². The van der Waals surface area contributed by atoms with Gasteiger partial charge in [-0.15, -0.1) is 0 Å². The summed E-state index contributed by atoms with van der Waals surface area (Å²) in [7, 11) is 2.92. The van der Waals surface area contributed by atoms with Crippen LogP contribution in [-0.2, 0) is 19.7 Å². The van der Waals surface area contributed by atoms with Crippen LogP contribution in [0.3, 0.4) is 0 Å². The third-order valence-electron chi connectivity index (χ3n) is 9.16. The molecule has 0 N–H and O–H groups in total. The summed E-state index contributed by atoms with van der Waals surface area (Å²) >= 11 is 0. The van der Waals surface area contributed by atoms with E-state index in [9.17, 15) is 9.59 Å². The number of para-hydroxylation sites is 1. The highest BCUT2D eigenvalue weighted by Gasteiger charge is 2.81. The van der Waals surface area contributed by atoms with E-state index >= 15 is 0 Å². The van der Waals surface area contributed by atoms with Crippen molar-refractivity contribution in [3.05, 3.63) is 29.8 Å². The number of anilines is 1. The zero-order valence-corrected chi connectivity index (χ0v) is 17.1. The lowest BCUT2D eigenvalue weighted by Crippen LogP contribution is -2.79. The summed E-state index contributed by atoms with van der Waals surface area (Å²) < 4.78 is 10.7. The number of esters is 1. The normalized spacial score (nSPS) is 41.5. The Morgan fingerprint density at radius 1 is 1.03 bits per heavy atom. The van der Waals surface area contributed by atoms with E-state index in [1.807, 2.05) is 17.0 Å². The zero-order valence-electron chi connectivity index (χ0n) is 17.1. The smallest absolute Gasteiger partial charge is 0.414 e. The Morgan fingerprint density at radius 2 is 1.86 bits per heavy atom. The van der Waals surface area contributed by atoms with Crippen molar-refractivity contribution in [3.8, 4) is 0 Å². The summed E-state index contributed by atoms with van der Waals surface area (Å²) in [5.41, 5.74) is 1.47. The molecule has 7 rings (SSSR count). The van der Waals surface area contributed by atoms with E-state index < -0.39 is 5.54 Å². The molecular weight excluding hydrogens is 368 g/mol. The molecule has 3 aliphatic heterocycles. The molecular formula is C23H28N2O4. The fourth-order valence-corrected chi connectivity index (χ4v) is 8.59. The van der Waals surface area contributed by atoms with Gasteiger partial charge in [-0.3, -0.25) is 14.6 Å². The van der Waals surface area contributed by atoms with Crippen LogP contribution in [0, 0.1) is 11.3 Å². The van der Waals surface area contributed by atoms with Crippen LogP contribution < -0.4 is 4.90 Å². The fourth-order valence-electron chi connectivity index (χ4n) is 8.59. The lowest BCUT2D eigenvalue weighted by atomic mass is 9.38. The van der Waals surface area contributed by atoms with Gasteiger partial charge in [-0.05, 0) is 68.7 Å². The molecule has 6 heteroatoms. The van der Waals surface area contributed by atoms with E-state index in [1.165, 1.54) is 32.6 Å². The van der Waals surface area contributed by atoms with Gasteiger partial charge in [0.25, 0.3) is 0 Å². The number of hydrogen-bond acceptors (Lipinski definition) is 5. The average Bonchev–Trinajstić information content (AvgIpc) is 3.29. The number of ether oxygens (including phenoxy) is 2. The highest BCUT2D eigenvalue weighted by Crippen LogP contribution is 2.75. The number of rotatable bonds is 1. The molecule has 2 bridgehead atoms. The minimum atomic E-state index is -0.602. The molecule has 3 saturated carbocycles. The van der Waals surface area contributed by atoms with E-state index in [-0.39, 0.29) is 28.8 Å². The Kier molecular flexibility index (Phi) is 3.39. The van der Waals surface area contributed by atoms with Gasteiger partial charge in [0.05, 0.1) is 31.4 Å². The Morgan fingerprint density at radius 3 is 2.66 bits per heavy atom. The van der Waals surface area contributed by atoms with Crippen molar-refractivity contribution < 1.29 is 19.1 Å². The summed E-state index contributed by atoms with van der Waals surface area (Å²) in [6.07, 6.45) is 5.69. The molecule has 29 heavy (non-hydrogen) atoms. The van der Waals surface area contributed by atoms with Crippen molar-refractivity contribution in [2.24, 2.45) is 11.3 Å². The molecule has 6 nitrogen and oxygen atoms in total. The van der Waals surface area contributed by atoms with E-state index in [1.54, 1.807) is 0 Å². The van der Waals surface area contributed by atoms with E-state index in [0.717, 1.165) is 44.5 Å². The molecule has 154 valence electrons. The molecule has 1 amide bonds. The molecule has 0 unspecified atom stereocenters. The van der Waals surface area contributed by atoms with Gasteiger partial charge in [-0.1, -0.05) is 18.2 Å². The van der Waals surface area contributed by atoms with Crippen molar-refractivity contribution in [1.29, 1.82) is 0 Å². The summed E-state index contributed by atoms with van der Waals surface area (Å²) in [5.74, 6) is -0.491. The second-order valence-electron chi connectivity index (χ2n) is 9.65. The van der Waals surface area contributed by atoms with Gasteiger partial charge >= 0.3 is 12.1 Å². The molecule has 1 aromatic carbocycles. The van der Waals surface area contributed by atoms with Gasteiger partial charge in [-0.25, -0.2) is 4.79 Å². The van der Waals surface area contributed by atoms with Crippen molar-refractivity contribution in [2.45, 2.75) is 55.5 Å². The van der Waals surface area contributed by atoms with Crippen LogP contribution in [-0.4, -0.2) is 55.9 Å². The third kappa shape index (κ3) is 1.72. The molecule has 6 aliphatic rings. The van der Waals surface area contributed by atoms with Crippen LogP contribution in [0.1, 0.15) is 44.1 Å². The van der Waals surface area contributed by atoms with E-state index in [2.05, 4.69) is 17.0 Å². The van der Waals surface area contributed by atoms with Crippen LogP contribution in [0.2, 0.25) is 0 Å². The molecule has 0 aromatic heterocycles. The first kappa shape index (κ1) is 17.8. The van der Waals surface area contributed by atoms with Crippen LogP contribution in [0.5, 0.6) is 0 Å². The number of amides is 1. The Balaban J connectivity index is 1.69. The van der Waals surface area contributed by atoms with Crippen molar-refractivity contribution >= 4 is 17.7 Å². The molecule has 1 aromatic rings. The van der Waals surface area contributed by atoms with Crippen molar-refractivity contribution in [1.82, 2.24) is 4.90 Å². The minimum Gasteiger partial charge on any atom is -0.469 e. The van der Waals surface area contributed by atoms with Crippen LogP contribution in [0.4, 0.5) is 10.5 Å². The number of nitrogens with zero attached hydrogens (tertiary/aromatic N) is 2. The number of fused-ring (bicyclic) bond motifs is 3. The van der Waals surface area contributed by atoms with Gasteiger partial charge < -0.3 is 9.47 Å². The monoisotopic (exact) mass is 396 g/mol. The fraction of sp³-hybridized carbons (Fsp3) is 0.652. The molecule has 3 heterocycles. The number of carbonyl (C=O) groups excluding carboxylic acids is 2. The number of benzene rings is 1. The summed E-state index contributed by atoms with van der Waals surface area (Å²) in [6, 6.07) is 8.68. The largest absolute Gasteiger partial charge is 0.469 e. The lowest BCUT2D eigenvalue weighted by molar-refractivity contribution is -0.174. The Bertz CT molecular complexity index is 918. The zero-order chi connectivity index (χ0) is 20.0. The van der Waals surface area contributed by atoms with Crippen LogP contribution in [0.15, 0.2) is 24.3 Å². The highest BCUT2D eigenvalue weighted by molar-refractivity contribution is 5.97. The number of carbonyl (C=O) groups is 2. The van der Waals surface area contributed by atoms with Crippen LogP contribution >= 0.6 is 0 Å². The first-order valence-electron chi connectivity index (χ1n) is 10.9. The van der Waals surface area contributed by atoms with Gasteiger partial charge in [-0.2, -0.15) is 0 Å². The topological polar surface area (TPSA) is 59.1 Å². The maximum Gasteiger partial charge on any atom is 0.414 e. The van der Waals surface area contributed by atoms with Crippen LogP contribution in [0.25, 0.3) is 0 Å². The number of methoxy groups -OCH3 is 2. The van der Waals surface area contributed by atoms with Crippen molar-refractivity contribution in [2.75, 3.05) is 32.2 Å². The summed E-state index contributed by atoms with van der Waals surface area (Å²) in [5, 5.41) is 0. The highest BCUT2D eigenvalue weighted by atomic mass is 16.5. The second kappa shape index (κ2) is 5.54. The second-order valence-corrected chi connectivity index (χ2v) is 9.65. The first-order valence-corrected chi connectivity index (χ1v) is 10.9. The molecule has 3 aliphatic carbocycles. The van der Waals surface area contributed by atoms with Gasteiger partial charge in [0.2, 0.25) is 0 Å². The molecule has 2 saturated heterocycles. The third-order valence-corrected chi connectivity index (χ3v) is 9.16. The predicted molar refractivity (Wildman–Crippen MR) is 107 cm³/mol. The molecule has 0 radical (unpaired) electrons. The van der Waals surface area contributed by atoms with Gasteiger partial charge in [0.1, 0.15) is 0 Å². The summed E-state index contributed by atoms with van der Waals surface area (Å²) in [4.78, 5) is 31.0. The Labute approximate surface area is 171 Å². The quantitative estimate of drug-likeness (QED) is 0.683. The number of piperidine rings is 1. The molecule has 5 fully saturated rings. The maximum absolute atomic E-state index is 13.2.